The summed E-state index contributed by atoms with van der Waals surface area (Å²) in [5.41, 5.74) is 0. The van der Waals surface area contributed by atoms with Crippen LogP contribution in [0.5, 0.6) is 0 Å². The second-order valence-corrected chi connectivity index (χ2v) is 4.31. The number of hydrogen-bond acceptors (Lipinski definition) is 0. The van der Waals surface area contributed by atoms with Crippen molar-refractivity contribution < 1.29 is 50.7 Å². The Morgan fingerprint density at radius 3 is 1.26 bits per heavy atom. The smallest absolute Gasteiger partial charge is 0 e. The van der Waals surface area contributed by atoms with Gasteiger partial charge in [-0.15, -0.1) is 59.3 Å². The third-order valence-electron chi connectivity index (χ3n) is 3.10. The molecule has 0 spiro atoms. The van der Waals surface area contributed by atoms with E-state index in [9.17, 15) is 0 Å². The van der Waals surface area contributed by atoms with Crippen LogP contribution in [0.15, 0.2) is 84.9 Å². The van der Waals surface area contributed by atoms with Crippen molar-refractivity contribution in [3.63, 3.8) is 0 Å². The van der Waals surface area contributed by atoms with E-state index in [-0.39, 0.29) is 69.0 Å². The molecule has 0 aliphatic heterocycles. The third-order valence-corrected chi connectivity index (χ3v) is 3.10. The molecule has 0 unspecified atom stereocenters. The van der Waals surface area contributed by atoms with Crippen molar-refractivity contribution in [1.82, 2.24) is 0 Å². The molecule has 0 aliphatic rings. The van der Waals surface area contributed by atoms with Crippen LogP contribution in [0.1, 0.15) is 0 Å². The minimum absolute atomic E-state index is 0. The number of rotatable bonds is 0. The average Bonchev–Trinajstić information content (AvgIpc) is 3.08. The Balaban J connectivity index is -0.000000286. The molecule has 0 bridgehead atoms. The second kappa shape index (κ2) is 13.7. The summed E-state index contributed by atoms with van der Waals surface area (Å²) in [4.78, 5) is 0. The summed E-state index contributed by atoms with van der Waals surface area (Å²) in [6, 6.07) is 29.3. The van der Waals surface area contributed by atoms with Crippen molar-refractivity contribution >= 4 is 32.5 Å². The van der Waals surface area contributed by atoms with E-state index in [0.717, 1.165) is 0 Å². The first-order chi connectivity index (χ1) is 8.93. The number of fused-ring (bicyclic) bond motifs is 2. The molecule has 0 nitrogen and oxygen atoms in total. The minimum atomic E-state index is 0. The van der Waals surface area contributed by atoms with Crippen LogP contribution in [0.4, 0.5) is 0 Å². The summed E-state index contributed by atoms with van der Waals surface area (Å²) >= 11 is 0. The fourth-order valence-corrected chi connectivity index (χ4v) is 2.14. The van der Waals surface area contributed by atoms with Crippen LogP contribution >= 0.6 is 0 Å². The van der Waals surface area contributed by atoms with Crippen LogP contribution in [0.2, 0.25) is 0 Å². The molecule has 0 heterocycles. The van der Waals surface area contributed by atoms with E-state index < -0.39 is 0 Å². The van der Waals surface area contributed by atoms with Gasteiger partial charge in [0.25, 0.3) is 0 Å². The van der Waals surface area contributed by atoms with Crippen LogP contribution in [-0.2, 0) is 25.8 Å². The van der Waals surface area contributed by atoms with Crippen molar-refractivity contribution in [3.8, 4) is 0 Å². The Hall–Kier alpha value is -0.673. The van der Waals surface area contributed by atoms with Crippen molar-refractivity contribution in [2.75, 3.05) is 0 Å². The zero-order valence-electron chi connectivity index (χ0n) is 12.8. The van der Waals surface area contributed by atoms with Gasteiger partial charge in [-0.2, -0.15) is 35.0 Å². The van der Waals surface area contributed by atoms with Gasteiger partial charge in [-0.3, -0.25) is 0 Å². The molecule has 0 saturated heterocycles. The van der Waals surface area contributed by atoms with Crippen LogP contribution in [-0.4, -0.2) is 11.0 Å². The first kappa shape index (κ1) is 27.2. The Labute approximate surface area is 174 Å². The first-order valence-corrected chi connectivity index (χ1v) is 6.14. The zero-order valence-corrected chi connectivity index (χ0v) is 18.9. The molecule has 120 valence electrons. The summed E-state index contributed by atoms with van der Waals surface area (Å²) < 4.78 is 0. The van der Waals surface area contributed by atoms with Gasteiger partial charge in [-0.1, -0.05) is 12.1 Å². The van der Waals surface area contributed by atoms with Crippen molar-refractivity contribution in [3.05, 3.63) is 92.4 Å². The maximum Gasteiger partial charge on any atom is 0 e. The fourth-order valence-electron chi connectivity index (χ4n) is 2.14. The second-order valence-electron chi connectivity index (χ2n) is 4.31. The monoisotopic (exact) mass is 523 g/mol. The van der Waals surface area contributed by atoms with Gasteiger partial charge in [0, 0.05) is 36.8 Å². The molecule has 0 fully saturated rings. The Kier molecular flexibility index (Phi) is 16.2. The van der Waals surface area contributed by atoms with Gasteiger partial charge in [0.1, 0.15) is 0 Å². The normalized spacial score (nSPS) is 8.00. The van der Waals surface area contributed by atoms with E-state index >= 15 is 0 Å². The van der Waals surface area contributed by atoms with Crippen molar-refractivity contribution in [2.45, 2.75) is 0 Å². The van der Waals surface area contributed by atoms with E-state index in [0.29, 0.717) is 0 Å². The summed E-state index contributed by atoms with van der Waals surface area (Å²) in [5, 5.41) is 5.32. The van der Waals surface area contributed by atoms with Crippen LogP contribution < -0.4 is 24.8 Å². The van der Waals surface area contributed by atoms with Crippen molar-refractivity contribution in [2.24, 2.45) is 0 Å². The summed E-state index contributed by atoms with van der Waals surface area (Å²) in [7, 11) is 0. The zero-order chi connectivity index (χ0) is 12.2. The molecule has 0 amide bonds. The maximum absolute atomic E-state index is 2.12. The van der Waals surface area contributed by atoms with Crippen LogP contribution in [0, 0.1) is 7.43 Å². The maximum atomic E-state index is 2.12. The van der Waals surface area contributed by atoms with Gasteiger partial charge in [-0.25, -0.2) is 0 Å². The molecule has 4 rings (SSSR count). The quantitative estimate of drug-likeness (QED) is 0.209. The van der Waals surface area contributed by atoms with Gasteiger partial charge in [0.15, 0.2) is 0 Å². The fraction of sp³-hybridized carbons (Fsp3) is 0. The Bertz CT molecular complexity index is 635. The van der Waals surface area contributed by atoms with Crippen LogP contribution in [0.3, 0.4) is 0 Å². The van der Waals surface area contributed by atoms with E-state index in [1.807, 2.05) is 0 Å². The molecule has 0 aliphatic carbocycles. The molecule has 0 atom stereocenters. The molecular weight excluding hydrogens is 506 g/mol. The molecule has 4 aromatic carbocycles. The number of halogens is 2. The SMILES string of the molecule is [CH3-].[Cl-].[Cl-].[Hf].[Si].c1ccc2[cH-]ccc2c1.c1ccc2[cH-]ccc2c1. The van der Waals surface area contributed by atoms with E-state index in [1.165, 1.54) is 21.5 Å². The van der Waals surface area contributed by atoms with Crippen molar-refractivity contribution in [1.29, 1.82) is 0 Å². The predicted molar refractivity (Wildman–Crippen MR) is 91.3 cm³/mol. The molecule has 4 heteroatoms. The summed E-state index contributed by atoms with van der Waals surface area (Å²) in [6.45, 7) is 0. The predicted octanol–water partition coefficient (Wildman–Crippen LogP) is -0.808. The topological polar surface area (TPSA) is 0 Å². The van der Waals surface area contributed by atoms with E-state index in [4.69, 9.17) is 0 Å². The first-order valence-electron chi connectivity index (χ1n) is 6.14. The van der Waals surface area contributed by atoms with Gasteiger partial charge in [0.05, 0.1) is 0 Å². The molecular formula is C19H17Cl2HfSi-5. The molecule has 23 heavy (non-hydrogen) atoms. The van der Waals surface area contributed by atoms with Gasteiger partial charge in [0.2, 0.25) is 0 Å². The molecule has 4 radical (unpaired) electrons. The summed E-state index contributed by atoms with van der Waals surface area (Å²) in [5.74, 6) is 0. The third kappa shape index (κ3) is 7.17. The Morgan fingerprint density at radius 2 is 0.913 bits per heavy atom. The average molecular weight is 523 g/mol. The number of benzene rings is 2. The van der Waals surface area contributed by atoms with E-state index in [2.05, 4.69) is 84.9 Å². The molecule has 0 N–H and O–H groups in total. The van der Waals surface area contributed by atoms with E-state index in [1.54, 1.807) is 0 Å². The standard InChI is InChI=1S/2C9H7.CH3.2ClH.Hf.Si/c2*1-2-5-9-7-3-6-8(9)4-1;;;;;/h2*1-7H;1H3;2*1H;;/q3*-1;;;;/p-2. The summed E-state index contributed by atoms with van der Waals surface area (Å²) in [6.07, 6.45) is 0. The van der Waals surface area contributed by atoms with Crippen LogP contribution in [0.25, 0.3) is 21.5 Å². The van der Waals surface area contributed by atoms with Gasteiger partial charge in [-0.05, 0) is 0 Å². The largest absolute Gasteiger partial charge is 1.00 e. The van der Waals surface area contributed by atoms with Gasteiger partial charge < -0.3 is 32.2 Å². The van der Waals surface area contributed by atoms with Gasteiger partial charge >= 0.3 is 0 Å². The Morgan fingerprint density at radius 1 is 0.565 bits per heavy atom. The minimum Gasteiger partial charge on any atom is -1.00 e. The molecule has 0 aromatic heterocycles. The number of hydrogen-bond donors (Lipinski definition) is 0. The molecule has 4 aromatic rings. The molecule has 0 saturated carbocycles.